The Morgan fingerprint density at radius 1 is 1.28 bits per heavy atom. The molecule has 0 radical (unpaired) electrons. The zero-order chi connectivity index (χ0) is 14.4. The summed E-state index contributed by atoms with van der Waals surface area (Å²) in [5.74, 6) is -2.58. The molecular weight excluding hydrogens is 268 g/mol. The Bertz CT molecular complexity index is 424. The van der Waals surface area contributed by atoms with E-state index in [4.69, 9.17) is 11.5 Å². The predicted molar refractivity (Wildman–Crippen MR) is 48.6 cm³/mol. The van der Waals surface area contributed by atoms with Crippen molar-refractivity contribution in [2.45, 2.75) is 24.1 Å². The topological polar surface area (TPSA) is 81.5 Å². The maximum atomic E-state index is 12.3. The molecule has 18 heavy (non-hydrogen) atoms. The van der Waals surface area contributed by atoms with Crippen molar-refractivity contribution in [1.29, 1.82) is 0 Å². The lowest BCUT2D eigenvalue weighted by atomic mass is 9.87. The lowest BCUT2D eigenvalue weighted by Crippen LogP contribution is -2.64. The molecule has 102 valence electrons. The number of carbonyl (C=O) groups is 1. The van der Waals surface area contributed by atoms with E-state index in [1.165, 1.54) is 0 Å². The van der Waals surface area contributed by atoms with Gasteiger partial charge in [-0.25, -0.2) is 0 Å². The smallest absolute Gasteiger partial charge is 0.313 e. The highest BCUT2D eigenvalue weighted by molar-refractivity contribution is 5.98. The molecule has 0 saturated carbocycles. The number of aliphatic imine (C=N–C) groups is 1. The summed E-state index contributed by atoms with van der Waals surface area (Å²) >= 11 is 0. The second kappa shape index (κ2) is 4.05. The van der Waals surface area contributed by atoms with Gasteiger partial charge >= 0.3 is 12.4 Å². The van der Waals surface area contributed by atoms with Crippen molar-refractivity contribution in [3.05, 3.63) is 11.6 Å². The van der Waals surface area contributed by atoms with E-state index in [2.05, 4.69) is 4.99 Å². The first-order valence-corrected chi connectivity index (χ1v) is 4.38. The van der Waals surface area contributed by atoms with Crippen molar-refractivity contribution >= 4 is 12.0 Å². The molecule has 0 spiro atoms. The van der Waals surface area contributed by atoms with Crippen LogP contribution >= 0.6 is 0 Å². The van der Waals surface area contributed by atoms with Gasteiger partial charge in [0.05, 0.1) is 5.57 Å². The second-order valence-corrected chi connectivity index (χ2v) is 3.58. The molecule has 1 rings (SSSR count). The molecule has 0 aromatic carbocycles. The Morgan fingerprint density at radius 3 is 2.17 bits per heavy atom. The fourth-order valence-electron chi connectivity index (χ4n) is 1.26. The van der Waals surface area contributed by atoms with E-state index in [1.54, 1.807) is 0 Å². The van der Waals surface area contributed by atoms with Crippen molar-refractivity contribution in [1.82, 2.24) is 0 Å². The molecule has 0 aromatic rings. The normalized spacial score (nSPS) is 29.1. The lowest BCUT2D eigenvalue weighted by molar-refractivity contribution is -0.176. The summed E-state index contributed by atoms with van der Waals surface area (Å²) in [4.78, 5) is 14.0. The minimum Gasteiger partial charge on any atom is -0.313 e. The number of dihydropyridines is 1. The Hall–Kier alpha value is -1.42. The van der Waals surface area contributed by atoms with Gasteiger partial charge in [-0.05, 0) is 6.08 Å². The van der Waals surface area contributed by atoms with Crippen LogP contribution in [0.3, 0.4) is 0 Å². The number of hydrogen-bond acceptors (Lipinski definition) is 4. The van der Waals surface area contributed by atoms with Crippen molar-refractivity contribution in [2.24, 2.45) is 16.5 Å². The van der Waals surface area contributed by atoms with E-state index in [1.807, 2.05) is 0 Å². The molecule has 4 nitrogen and oxygen atoms in total. The third-order valence-electron chi connectivity index (χ3n) is 2.24. The summed E-state index contributed by atoms with van der Waals surface area (Å²) in [5.41, 5.74) is 5.49. The first-order chi connectivity index (χ1) is 7.89. The highest BCUT2D eigenvalue weighted by atomic mass is 19.4. The Morgan fingerprint density at radius 2 is 1.78 bits per heavy atom. The van der Waals surface area contributed by atoms with Gasteiger partial charge in [-0.2, -0.15) is 26.3 Å². The first kappa shape index (κ1) is 14.6. The minimum absolute atomic E-state index is 0.0551. The fraction of sp³-hybridized carbons (Fsp3) is 0.500. The van der Waals surface area contributed by atoms with E-state index in [9.17, 15) is 31.1 Å². The number of hydrogen-bond donors (Lipinski definition) is 2. The average Bonchev–Trinajstić information content (AvgIpc) is 2.18. The second-order valence-electron chi connectivity index (χ2n) is 3.58. The molecule has 2 atom stereocenters. The largest absolute Gasteiger partial charge is 0.452 e. The molecule has 0 saturated heterocycles. The van der Waals surface area contributed by atoms with Gasteiger partial charge in [-0.1, -0.05) is 0 Å². The number of rotatable bonds is 1. The number of nitrogens with zero attached hydrogens (tertiary/aromatic N) is 1. The van der Waals surface area contributed by atoms with Crippen LogP contribution in [0.4, 0.5) is 26.3 Å². The van der Waals surface area contributed by atoms with Gasteiger partial charge < -0.3 is 11.5 Å². The van der Waals surface area contributed by atoms with Gasteiger partial charge in [-0.3, -0.25) is 9.79 Å². The molecule has 1 aliphatic rings. The number of carbonyl (C=O) groups excluding carboxylic acids is 1. The van der Waals surface area contributed by atoms with Gasteiger partial charge in [0.1, 0.15) is 11.7 Å². The maximum absolute atomic E-state index is 12.3. The Balaban J connectivity index is 3.26. The highest BCUT2D eigenvalue weighted by Gasteiger charge is 2.55. The Labute approximate surface area is 96.3 Å². The van der Waals surface area contributed by atoms with E-state index in [-0.39, 0.29) is 12.3 Å². The van der Waals surface area contributed by atoms with Crippen molar-refractivity contribution < 1.29 is 31.1 Å². The van der Waals surface area contributed by atoms with Crippen molar-refractivity contribution in [3.63, 3.8) is 0 Å². The molecule has 0 bridgehead atoms. The summed E-state index contributed by atoms with van der Waals surface area (Å²) in [7, 11) is 0. The zero-order valence-corrected chi connectivity index (χ0v) is 8.51. The summed E-state index contributed by atoms with van der Waals surface area (Å²) in [6.45, 7) is 0. The molecule has 1 aliphatic heterocycles. The van der Waals surface area contributed by atoms with Crippen LogP contribution in [-0.4, -0.2) is 36.1 Å². The summed E-state index contributed by atoms with van der Waals surface area (Å²) in [6.07, 6.45) is -12.1. The number of alkyl halides is 6. The van der Waals surface area contributed by atoms with Gasteiger partial charge in [0.2, 0.25) is 0 Å². The van der Waals surface area contributed by atoms with Crippen LogP contribution in [0.25, 0.3) is 0 Å². The molecule has 1 heterocycles. The number of allylic oxidation sites excluding steroid dienone is 1. The summed E-state index contributed by atoms with van der Waals surface area (Å²) in [6, 6.07) is 0. The zero-order valence-electron chi connectivity index (χ0n) is 8.51. The highest BCUT2D eigenvalue weighted by Crippen LogP contribution is 2.32. The lowest BCUT2D eigenvalue weighted by Gasteiger charge is -2.32. The number of ketones is 1. The third-order valence-corrected chi connectivity index (χ3v) is 2.24. The minimum atomic E-state index is -5.41. The molecule has 0 aromatic heterocycles. The monoisotopic (exact) mass is 275 g/mol. The van der Waals surface area contributed by atoms with Gasteiger partial charge in [0.15, 0.2) is 0 Å². The van der Waals surface area contributed by atoms with E-state index < -0.39 is 35.4 Å². The number of Topliss-reactive ketones (excluding diaryl/α,β-unsaturated/α-hetero) is 1. The van der Waals surface area contributed by atoms with Crippen LogP contribution in [0.5, 0.6) is 0 Å². The molecular formula is C8H7F6N3O. The fourth-order valence-corrected chi connectivity index (χ4v) is 1.26. The molecule has 10 heteroatoms. The van der Waals surface area contributed by atoms with Crippen LogP contribution in [0.1, 0.15) is 0 Å². The van der Waals surface area contributed by atoms with Crippen LogP contribution in [0, 0.1) is 0 Å². The maximum Gasteiger partial charge on any atom is 0.452 e. The van der Waals surface area contributed by atoms with Gasteiger partial charge in [0, 0.05) is 6.21 Å². The quantitative estimate of drug-likeness (QED) is 0.690. The van der Waals surface area contributed by atoms with Gasteiger partial charge in [0.25, 0.3) is 5.78 Å². The van der Waals surface area contributed by atoms with Crippen molar-refractivity contribution in [2.75, 3.05) is 0 Å². The van der Waals surface area contributed by atoms with Crippen LogP contribution in [0.15, 0.2) is 16.6 Å². The number of halogens is 6. The predicted octanol–water partition coefficient (Wildman–Crippen LogP) is 0.673. The SMILES string of the molecule is NC1N=CC(C(F)(F)F)=CC1(N)C(=O)C(F)(F)F. The summed E-state index contributed by atoms with van der Waals surface area (Å²) in [5, 5.41) is 0. The van der Waals surface area contributed by atoms with Crippen molar-refractivity contribution in [3.8, 4) is 0 Å². The molecule has 0 aliphatic carbocycles. The molecule has 2 unspecified atom stereocenters. The van der Waals surface area contributed by atoms with Gasteiger partial charge in [-0.15, -0.1) is 0 Å². The van der Waals surface area contributed by atoms with E-state index >= 15 is 0 Å². The molecule has 0 amide bonds. The van der Waals surface area contributed by atoms with Crippen LogP contribution in [-0.2, 0) is 4.79 Å². The Kier molecular flexibility index (Phi) is 3.30. The third kappa shape index (κ3) is 2.53. The average molecular weight is 275 g/mol. The van der Waals surface area contributed by atoms with Crippen LogP contribution < -0.4 is 11.5 Å². The molecule has 0 fully saturated rings. The molecule has 4 N–H and O–H groups in total. The van der Waals surface area contributed by atoms with E-state index in [0.29, 0.717) is 0 Å². The first-order valence-electron chi connectivity index (χ1n) is 4.38. The standard InChI is InChI=1S/C8H7F6N3O/c9-7(10,11)3-1-6(16,5(15)17-2-3)4(18)8(12,13)14/h1-2,5H,15-16H2. The number of nitrogens with two attached hydrogens (primary N) is 2. The van der Waals surface area contributed by atoms with E-state index in [0.717, 1.165) is 0 Å². The van der Waals surface area contributed by atoms with Crippen LogP contribution in [0.2, 0.25) is 0 Å². The summed E-state index contributed by atoms with van der Waals surface area (Å²) < 4.78 is 73.7.